The van der Waals surface area contributed by atoms with Crippen LogP contribution in [-0.2, 0) is 16.0 Å². The van der Waals surface area contributed by atoms with Gasteiger partial charge in [-0.15, -0.1) is 0 Å². The van der Waals surface area contributed by atoms with Gasteiger partial charge in [-0.2, -0.15) is 0 Å². The lowest BCUT2D eigenvalue weighted by atomic mass is 10.0. The van der Waals surface area contributed by atoms with Crippen molar-refractivity contribution < 1.29 is 14.7 Å². The number of thioether (sulfide) groups is 1. The number of benzene rings is 1. The highest BCUT2D eigenvalue weighted by Gasteiger charge is 2.29. The molecule has 1 unspecified atom stereocenters. The number of hydrogen-bond acceptors (Lipinski definition) is 5. The van der Waals surface area contributed by atoms with Crippen LogP contribution >= 0.6 is 11.8 Å². The molecule has 0 spiro atoms. The van der Waals surface area contributed by atoms with Gasteiger partial charge in [-0.25, -0.2) is 4.79 Å². The molecule has 0 bridgehead atoms. The zero-order valence-electron chi connectivity index (χ0n) is 13.9. The lowest BCUT2D eigenvalue weighted by molar-refractivity contribution is -0.141. The molecule has 0 radical (unpaired) electrons. The SMILES string of the molecule is O=C(CC1=CSC2=NCCN12)NC(Cc1c[nH]c2ccccc12)C(=O)O. The van der Waals surface area contributed by atoms with Gasteiger partial charge in [0.2, 0.25) is 5.91 Å². The van der Waals surface area contributed by atoms with Crippen LogP contribution in [0.4, 0.5) is 0 Å². The number of carboxylic acid groups (broad SMARTS) is 1. The topological polar surface area (TPSA) is 97.8 Å². The van der Waals surface area contributed by atoms with Gasteiger partial charge in [0.05, 0.1) is 13.0 Å². The third-order valence-corrected chi connectivity index (χ3v) is 5.47. The summed E-state index contributed by atoms with van der Waals surface area (Å²) in [5.41, 5.74) is 2.70. The molecule has 0 fully saturated rings. The molecule has 3 heterocycles. The summed E-state index contributed by atoms with van der Waals surface area (Å²) in [6.07, 6.45) is 2.19. The summed E-state index contributed by atoms with van der Waals surface area (Å²) in [6, 6.07) is 6.74. The summed E-state index contributed by atoms with van der Waals surface area (Å²) in [7, 11) is 0. The molecular formula is C18H18N4O3S. The van der Waals surface area contributed by atoms with Crippen LogP contribution in [0.15, 0.2) is 46.6 Å². The quantitative estimate of drug-likeness (QED) is 0.722. The van der Waals surface area contributed by atoms with E-state index in [4.69, 9.17) is 0 Å². The fraction of sp³-hybridized carbons (Fsp3) is 0.278. The van der Waals surface area contributed by atoms with Crippen LogP contribution in [0.5, 0.6) is 0 Å². The van der Waals surface area contributed by atoms with Crippen LogP contribution < -0.4 is 5.32 Å². The van der Waals surface area contributed by atoms with Gasteiger partial charge in [0.1, 0.15) is 6.04 Å². The van der Waals surface area contributed by atoms with E-state index in [0.717, 1.165) is 40.4 Å². The standard InChI is InChI=1S/C18H18N4O3S/c23-16(8-12-10-26-18-19-5-6-22(12)18)21-15(17(24)25)7-11-9-20-14-4-2-1-3-13(11)14/h1-4,9-10,15,20H,5-8H2,(H,21,23)(H,24,25). The first kappa shape index (κ1) is 16.7. The van der Waals surface area contributed by atoms with Crippen LogP contribution in [0.25, 0.3) is 10.9 Å². The molecule has 2 aliphatic heterocycles. The van der Waals surface area contributed by atoms with Gasteiger partial charge in [-0.1, -0.05) is 30.0 Å². The summed E-state index contributed by atoms with van der Waals surface area (Å²) >= 11 is 1.51. The zero-order chi connectivity index (χ0) is 18.1. The van der Waals surface area contributed by atoms with Gasteiger partial charge < -0.3 is 20.3 Å². The molecule has 4 rings (SSSR count). The van der Waals surface area contributed by atoms with Gasteiger partial charge in [-0.05, 0) is 17.0 Å². The number of aliphatic carboxylic acids is 1. The summed E-state index contributed by atoms with van der Waals surface area (Å²) in [6.45, 7) is 1.51. The van der Waals surface area contributed by atoms with E-state index >= 15 is 0 Å². The van der Waals surface area contributed by atoms with Gasteiger partial charge in [-0.3, -0.25) is 9.79 Å². The molecule has 0 saturated carbocycles. The second kappa shape index (κ2) is 6.87. The van der Waals surface area contributed by atoms with Crippen LogP contribution in [0.3, 0.4) is 0 Å². The number of rotatable bonds is 6. The highest BCUT2D eigenvalue weighted by Crippen LogP contribution is 2.30. The third kappa shape index (κ3) is 3.20. The number of carboxylic acids is 1. The normalized spacial score (nSPS) is 17.0. The van der Waals surface area contributed by atoms with E-state index in [-0.39, 0.29) is 18.7 Å². The smallest absolute Gasteiger partial charge is 0.326 e. The molecule has 1 aromatic heterocycles. The van der Waals surface area contributed by atoms with E-state index in [2.05, 4.69) is 15.3 Å². The number of H-pyrrole nitrogens is 1. The van der Waals surface area contributed by atoms with Crippen molar-refractivity contribution in [1.29, 1.82) is 0 Å². The average molecular weight is 370 g/mol. The van der Waals surface area contributed by atoms with E-state index in [0.29, 0.717) is 0 Å². The number of para-hydroxylation sites is 1. The Bertz CT molecular complexity index is 933. The Balaban J connectivity index is 1.43. The third-order valence-electron chi connectivity index (χ3n) is 4.52. The molecule has 1 amide bonds. The van der Waals surface area contributed by atoms with Crippen molar-refractivity contribution in [3.05, 3.63) is 47.1 Å². The molecule has 0 aliphatic carbocycles. The maximum Gasteiger partial charge on any atom is 0.326 e. The largest absolute Gasteiger partial charge is 0.480 e. The van der Waals surface area contributed by atoms with Crippen LogP contribution in [0.2, 0.25) is 0 Å². The Hall–Kier alpha value is -2.74. The van der Waals surface area contributed by atoms with Crippen LogP contribution in [0.1, 0.15) is 12.0 Å². The number of hydrogen-bond donors (Lipinski definition) is 3. The minimum atomic E-state index is -1.04. The number of amides is 1. The Morgan fingerprint density at radius 2 is 2.23 bits per heavy atom. The number of amidine groups is 1. The fourth-order valence-corrected chi connectivity index (χ4v) is 4.20. The van der Waals surface area contributed by atoms with E-state index in [1.807, 2.05) is 34.6 Å². The van der Waals surface area contributed by atoms with Crippen molar-refractivity contribution in [2.45, 2.75) is 18.9 Å². The lowest BCUT2D eigenvalue weighted by Gasteiger charge is -2.18. The maximum absolute atomic E-state index is 12.4. The maximum atomic E-state index is 12.4. The molecule has 7 nitrogen and oxygen atoms in total. The second-order valence-corrected chi connectivity index (χ2v) is 7.08. The van der Waals surface area contributed by atoms with E-state index in [1.54, 1.807) is 6.20 Å². The minimum Gasteiger partial charge on any atom is -0.480 e. The molecule has 3 N–H and O–H groups in total. The molecule has 8 heteroatoms. The van der Waals surface area contributed by atoms with E-state index < -0.39 is 12.0 Å². The first-order chi connectivity index (χ1) is 12.6. The Labute approximate surface area is 154 Å². The van der Waals surface area contributed by atoms with Crippen LogP contribution in [-0.4, -0.2) is 51.2 Å². The summed E-state index contributed by atoms with van der Waals surface area (Å²) in [5.74, 6) is -1.33. The fourth-order valence-electron chi connectivity index (χ4n) is 3.25. The van der Waals surface area contributed by atoms with Crippen molar-refractivity contribution >= 4 is 39.7 Å². The Kier molecular flexibility index (Phi) is 4.42. The van der Waals surface area contributed by atoms with Crippen molar-refractivity contribution in [2.24, 2.45) is 4.99 Å². The lowest BCUT2D eigenvalue weighted by Crippen LogP contribution is -2.42. The molecule has 0 saturated heterocycles. The number of aromatic nitrogens is 1. The van der Waals surface area contributed by atoms with Crippen molar-refractivity contribution in [3.8, 4) is 0 Å². The van der Waals surface area contributed by atoms with Crippen LogP contribution in [0, 0.1) is 0 Å². The molecule has 1 atom stereocenters. The first-order valence-electron chi connectivity index (χ1n) is 8.36. The number of nitrogens with one attached hydrogen (secondary N) is 2. The first-order valence-corrected chi connectivity index (χ1v) is 9.24. The van der Waals surface area contributed by atoms with Gasteiger partial charge in [0.25, 0.3) is 0 Å². The molecule has 2 aliphatic rings. The number of aliphatic imine (C=N–C) groups is 1. The molecule has 26 heavy (non-hydrogen) atoms. The van der Waals surface area contributed by atoms with Crippen molar-refractivity contribution in [3.63, 3.8) is 0 Å². The number of carbonyl (C=O) groups excluding carboxylic acids is 1. The summed E-state index contributed by atoms with van der Waals surface area (Å²) in [4.78, 5) is 33.5. The predicted molar refractivity (Wildman–Crippen MR) is 101 cm³/mol. The highest BCUT2D eigenvalue weighted by atomic mass is 32.2. The van der Waals surface area contributed by atoms with Gasteiger partial charge in [0, 0.05) is 35.8 Å². The Morgan fingerprint density at radius 1 is 1.38 bits per heavy atom. The molecule has 134 valence electrons. The van der Waals surface area contributed by atoms with Crippen molar-refractivity contribution in [2.75, 3.05) is 13.1 Å². The van der Waals surface area contributed by atoms with E-state index in [9.17, 15) is 14.7 Å². The summed E-state index contributed by atoms with van der Waals surface area (Å²) < 4.78 is 0. The van der Waals surface area contributed by atoms with Crippen molar-refractivity contribution in [1.82, 2.24) is 15.2 Å². The number of carbonyl (C=O) groups is 2. The van der Waals surface area contributed by atoms with E-state index in [1.165, 1.54) is 11.8 Å². The van der Waals surface area contributed by atoms with Gasteiger partial charge >= 0.3 is 5.97 Å². The predicted octanol–water partition coefficient (Wildman–Crippen LogP) is 1.93. The number of aromatic amines is 1. The molecular weight excluding hydrogens is 352 g/mol. The Morgan fingerprint density at radius 3 is 3.08 bits per heavy atom. The second-order valence-electron chi connectivity index (χ2n) is 6.24. The molecule has 1 aromatic carbocycles. The minimum absolute atomic E-state index is 0.156. The zero-order valence-corrected chi connectivity index (χ0v) is 14.8. The highest BCUT2D eigenvalue weighted by molar-refractivity contribution is 8.16. The molecule has 2 aromatic rings. The number of fused-ring (bicyclic) bond motifs is 2. The number of nitrogens with zero attached hydrogens (tertiary/aromatic N) is 2. The average Bonchev–Trinajstić information content (AvgIpc) is 3.32. The summed E-state index contributed by atoms with van der Waals surface area (Å²) in [5, 5.41) is 16.0. The van der Waals surface area contributed by atoms with Gasteiger partial charge in [0.15, 0.2) is 5.17 Å². The monoisotopic (exact) mass is 370 g/mol.